The van der Waals surface area contributed by atoms with E-state index < -0.39 is 17.3 Å². The van der Waals surface area contributed by atoms with Gasteiger partial charge in [0, 0.05) is 12.1 Å². The molecule has 0 saturated carbocycles. The van der Waals surface area contributed by atoms with Crippen molar-refractivity contribution in [3.05, 3.63) is 66.0 Å². The third-order valence-corrected chi connectivity index (χ3v) is 3.83. The van der Waals surface area contributed by atoms with Crippen LogP contribution >= 0.6 is 0 Å². The summed E-state index contributed by atoms with van der Waals surface area (Å²) in [7, 11) is 0. The van der Waals surface area contributed by atoms with Crippen LogP contribution in [-0.2, 0) is 4.79 Å². The molecule has 2 N–H and O–H groups in total. The molecular weight excluding hydrogens is 305 g/mol. The molecule has 1 aliphatic rings. The quantitative estimate of drug-likeness (QED) is 0.517. The van der Waals surface area contributed by atoms with Crippen molar-refractivity contribution < 1.29 is 9.18 Å². The Kier molecular flexibility index (Phi) is 5.02. The van der Waals surface area contributed by atoms with E-state index in [-0.39, 0.29) is 5.57 Å². The predicted molar refractivity (Wildman–Crippen MR) is 96.1 cm³/mol. The Hall–Kier alpha value is -2.69. The van der Waals surface area contributed by atoms with Gasteiger partial charge in [0.15, 0.2) is 0 Å². The predicted octanol–water partition coefficient (Wildman–Crippen LogP) is 3.97. The largest absolute Gasteiger partial charge is 0.399 e. The van der Waals surface area contributed by atoms with Crippen molar-refractivity contribution in [2.24, 2.45) is 5.10 Å². The van der Waals surface area contributed by atoms with Crippen LogP contribution in [-0.4, -0.2) is 22.2 Å². The summed E-state index contributed by atoms with van der Waals surface area (Å²) in [5.41, 5.74) is 7.44. The van der Waals surface area contributed by atoms with Crippen molar-refractivity contribution in [1.82, 2.24) is 5.01 Å². The molecule has 0 fully saturated rings. The molecule has 4 nitrogen and oxygen atoms in total. The minimum absolute atomic E-state index is 0.0573. The van der Waals surface area contributed by atoms with Crippen LogP contribution in [0.3, 0.4) is 0 Å². The van der Waals surface area contributed by atoms with E-state index in [0.717, 1.165) is 11.3 Å². The Labute approximate surface area is 141 Å². The molecule has 5 heteroatoms. The molecule has 1 aromatic rings. The van der Waals surface area contributed by atoms with Crippen molar-refractivity contribution in [2.45, 2.75) is 32.7 Å². The zero-order valence-electron chi connectivity index (χ0n) is 14.2. The van der Waals surface area contributed by atoms with E-state index in [1.54, 1.807) is 6.07 Å². The number of benzene rings is 1. The van der Waals surface area contributed by atoms with E-state index in [4.69, 9.17) is 5.73 Å². The van der Waals surface area contributed by atoms with Gasteiger partial charge >= 0.3 is 0 Å². The van der Waals surface area contributed by atoms with Crippen molar-refractivity contribution >= 4 is 17.3 Å². The maximum Gasteiger partial charge on any atom is 0.277 e. The summed E-state index contributed by atoms with van der Waals surface area (Å²) in [6.45, 7) is 8.87. The average Bonchev–Trinajstić information content (AvgIpc) is 2.87. The van der Waals surface area contributed by atoms with Crippen LogP contribution < -0.4 is 5.73 Å². The van der Waals surface area contributed by atoms with E-state index in [2.05, 4.69) is 11.7 Å². The minimum atomic E-state index is -0.594. The van der Waals surface area contributed by atoms with Gasteiger partial charge in [-0.3, -0.25) is 4.79 Å². The molecule has 0 radical (unpaired) electrons. The number of rotatable bonds is 4. The van der Waals surface area contributed by atoms with Gasteiger partial charge in [-0.25, -0.2) is 9.40 Å². The van der Waals surface area contributed by atoms with Crippen LogP contribution in [0.5, 0.6) is 0 Å². The SMILES string of the molecule is C=C/C=C(C(=O)N1N=C(c2cccc(N)c2)CC1(C)C)\C(F)=C/C. The van der Waals surface area contributed by atoms with Crippen LogP contribution in [0.15, 0.2) is 65.6 Å². The molecule has 126 valence electrons. The number of carbonyl (C=O) groups is 1. The molecule has 0 aliphatic carbocycles. The molecule has 1 aliphatic heterocycles. The van der Waals surface area contributed by atoms with E-state index >= 15 is 0 Å². The van der Waals surface area contributed by atoms with E-state index in [0.29, 0.717) is 12.1 Å². The number of nitrogens with zero attached hydrogens (tertiary/aromatic N) is 2. The Morgan fingerprint density at radius 1 is 1.46 bits per heavy atom. The number of nitrogens with two attached hydrogens (primary N) is 1. The Morgan fingerprint density at radius 3 is 2.75 bits per heavy atom. The van der Waals surface area contributed by atoms with E-state index in [1.807, 2.05) is 32.0 Å². The summed E-state index contributed by atoms with van der Waals surface area (Å²) in [5, 5.41) is 5.79. The van der Waals surface area contributed by atoms with Crippen LogP contribution in [0.2, 0.25) is 0 Å². The highest BCUT2D eigenvalue weighted by molar-refractivity contribution is 6.06. The monoisotopic (exact) mass is 327 g/mol. The van der Waals surface area contributed by atoms with Crippen LogP contribution in [0, 0.1) is 0 Å². The van der Waals surface area contributed by atoms with Gasteiger partial charge in [0.25, 0.3) is 5.91 Å². The molecule has 0 unspecified atom stereocenters. The molecular formula is C19H22FN3O. The average molecular weight is 327 g/mol. The first-order valence-electron chi connectivity index (χ1n) is 7.73. The lowest BCUT2D eigenvalue weighted by molar-refractivity contribution is -0.131. The first-order chi connectivity index (χ1) is 11.3. The summed E-state index contributed by atoms with van der Waals surface area (Å²) < 4.78 is 14.0. The van der Waals surface area contributed by atoms with Gasteiger partial charge in [-0.15, -0.1) is 0 Å². The first kappa shape index (κ1) is 17.7. The molecule has 1 aromatic carbocycles. The first-order valence-corrected chi connectivity index (χ1v) is 7.73. The molecule has 0 bridgehead atoms. The molecule has 1 amide bonds. The summed E-state index contributed by atoms with van der Waals surface area (Å²) in [6, 6.07) is 7.34. The zero-order chi connectivity index (χ0) is 17.9. The van der Waals surface area contributed by atoms with Crippen molar-refractivity contribution in [3.8, 4) is 0 Å². The number of hydrogen-bond acceptors (Lipinski definition) is 3. The standard InChI is InChI=1S/C19H22FN3O/c1-5-8-15(16(20)6-2)18(24)23-19(3,4)12-17(22-23)13-9-7-10-14(21)11-13/h5-11H,1,12,21H2,2-4H3/b15-8+,16-6+. The van der Waals surface area contributed by atoms with Crippen LogP contribution in [0.4, 0.5) is 10.1 Å². The molecule has 0 saturated heterocycles. The van der Waals surface area contributed by atoms with Gasteiger partial charge < -0.3 is 5.73 Å². The summed E-state index contributed by atoms with van der Waals surface area (Å²) in [6.07, 6.45) is 4.56. The smallest absolute Gasteiger partial charge is 0.277 e. The zero-order valence-corrected chi connectivity index (χ0v) is 14.2. The van der Waals surface area contributed by atoms with Gasteiger partial charge in [-0.2, -0.15) is 5.10 Å². The van der Waals surface area contributed by atoms with Crippen molar-refractivity contribution in [1.29, 1.82) is 0 Å². The second kappa shape index (κ2) is 6.83. The summed E-state index contributed by atoms with van der Waals surface area (Å²) in [4.78, 5) is 12.8. The summed E-state index contributed by atoms with van der Waals surface area (Å²) >= 11 is 0. The molecule has 0 atom stereocenters. The van der Waals surface area contributed by atoms with E-state index in [1.165, 1.54) is 30.2 Å². The Balaban J connectivity index is 2.42. The maximum atomic E-state index is 14.0. The molecule has 0 spiro atoms. The highest BCUT2D eigenvalue weighted by Crippen LogP contribution is 2.32. The number of hydrazone groups is 1. The van der Waals surface area contributed by atoms with Crippen molar-refractivity contribution in [2.75, 3.05) is 5.73 Å². The number of nitrogen functional groups attached to an aromatic ring is 1. The third kappa shape index (κ3) is 3.45. The fourth-order valence-corrected chi connectivity index (χ4v) is 2.61. The van der Waals surface area contributed by atoms with Crippen molar-refractivity contribution in [3.63, 3.8) is 0 Å². The highest BCUT2D eigenvalue weighted by atomic mass is 19.1. The second-order valence-electron chi connectivity index (χ2n) is 6.23. The Morgan fingerprint density at radius 2 is 2.17 bits per heavy atom. The van der Waals surface area contributed by atoms with Gasteiger partial charge in [-0.1, -0.05) is 30.9 Å². The van der Waals surface area contributed by atoms with Gasteiger partial charge in [-0.05, 0) is 44.5 Å². The Bertz CT molecular complexity index is 760. The van der Waals surface area contributed by atoms with Crippen LogP contribution in [0.25, 0.3) is 0 Å². The molecule has 24 heavy (non-hydrogen) atoms. The number of hydrogen-bond donors (Lipinski definition) is 1. The topological polar surface area (TPSA) is 58.7 Å². The highest BCUT2D eigenvalue weighted by Gasteiger charge is 2.40. The fraction of sp³-hybridized carbons (Fsp3) is 0.263. The molecule has 2 rings (SSSR count). The second-order valence-corrected chi connectivity index (χ2v) is 6.23. The lowest BCUT2D eigenvalue weighted by Gasteiger charge is -2.29. The number of amides is 1. The van der Waals surface area contributed by atoms with Gasteiger partial charge in [0.2, 0.25) is 0 Å². The number of carbonyl (C=O) groups excluding carboxylic acids is 1. The fourth-order valence-electron chi connectivity index (χ4n) is 2.61. The summed E-state index contributed by atoms with van der Waals surface area (Å²) in [5.74, 6) is -1.09. The normalized spacial score (nSPS) is 17.7. The molecule has 0 aromatic heterocycles. The van der Waals surface area contributed by atoms with Gasteiger partial charge in [0.05, 0.1) is 16.8 Å². The number of halogens is 1. The van der Waals surface area contributed by atoms with E-state index in [9.17, 15) is 9.18 Å². The van der Waals surface area contributed by atoms with Crippen LogP contribution in [0.1, 0.15) is 32.8 Å². The lowest BCUT2D eigenvalue weighted by atomic mass is 9.94. The number of allylic oxidation sites excluding steroid dienone is 3. The lowest BCUT2D eigenvalue weighted by Crippen LogP contribution is -2.41. The van der Waals surface area contributed by atoms with Gasteiger partial charge in [0.1, 0.15) is 5.83 Å². The maximum absolute atomic E-state index is 14.0. The minimum Gasteiger partial charge on any atom is -0.399 e. The third-order valence-electron chi connectivity index (χ3n) is 3.83. The number of anilines is 1. The molecule has 1 heterocycles.